The van der Waals surface area contributed by atoms with E-state index >= 15 is 0 Å². The molecule has 0 aliphatic carbocycles. The summed E-state index contributed by atoms with van der Waals surface area (Å²) in [6, 6.07) is 11.3. The topological polar surface area (TPSA) is 115 Å². The molecule has 0 aliphatic rings. The summed E-state index contributed by atoms with van der Waals surface area (Å²) in [4.78, 5) is 12.7. The summed E-state index contributed by atoms with van der Waals surface area (Å²) in [5.74, 6) is 0.00641. The molecule has 1 N–H and O–H groups in total. The van der Waals surface area contributed by atoms with Crippen LogP contribution in [0.3, 0.4) is 0 Å². The smallest absolute Gasteiger partial charge is 0.248 e. The Bertz CT molecular complexity index is 1010. The molecule has 3 aromatic rings. The fourth-order valence-corrected chi connectivity index (χ4v) is 4.21. The minimum atomic E-state index is -3.92. The first-order valence-corrected chi connectivity index (χ1v) is 9.49. The average molecular weight is 375 g/mol. The Morgan fingerprint density at radius 3 is 2.31 bits per heavy atom. The zero-order valence-electron chi connectivity index (χ0n) is 14.2. The monoisotopic (exact) mass is 375 g/mol. The van der Waals surface area contributed by atoms with E-state index in [1.54, 1.807) is 44.2 Å². The molecule has 0 fully saturated rings. The predicted octanol–water partition coefficient (Wildman–Crippen LogP) is 2.57. The predicted molar refractivity (Wildman–Crippen MR) is 92.9 cm³/mol. The number of aryl methyl sites for hydroxylation is 2. The molecule has 0 radical (unpaired) electrons. The van der Waals surface area contributed by atoms with Gasteiger partial charge in [0.25, 0.3) is 0 Å². The van der Waals surface area contributed by atoms with E-state index in [2.05, 4.69) is 15.6 Å². The van der Waals surface area contributed by atoms with E-state index in [1.165, 1.54) is 12.1 Å². The Balaban J connectivity index is 1.93. The van der Waals surface area contributed by atoms with Crippen LogP contribution in [0.25, 0.3) is 0 Å². The average Bonchev–Trinajstić information content (AvgIpc) is 3.16. The molecule has 1 aromatic carbocycles. The van der Waals surface area contributed by atoms with Crippen molar-refractivity contribution in [2.75, 3.05) is 5.32 Å². The van der Waals surface area contributed by atoms with Gasteiger partial charge in [0.2, 0.25) is 5.91 Å². The van der Waals surface area contributed by atoms with Crippen molar-refractivity contribution in [3.05, 3.63) is 65.2 Å². The minimum absolute atomic E-state index is 0.154. The lowest BCUT2D eigenvalue weighted by Gasteiger charge is -2.16. The van der Waals surface area contributed by atoms with Crippen molar-refractivity contribution in [2.24, 2.45) is 0 Å². The third kappa shape index (κ3) is 3.99. The van der Waals surface area contributed by atoms with Gasteiger partial charge in [-0.1, -0.05) is 40.6 Å². The van der Waals surface area contributed by atoms with Gasteiger partial charge in [-0.2, -0.15) is 0 Å². The molecule has 2 aromatic heterocycles. The zero-order valence-corrected chi connectivity index (χ0v) is 15.0. The van der Waals surface area contributed by atoms with E-state index in [-0.39, 0.29) is 11.5 Å². The van der Waals surface area contributed by atoms with Gasteiger partial charge in [0.1, 0.15) is 11.5 Å². The highest BCUT2D eigenvalue weighted by molar-refractivity contribution is 7.91. The summed E-state index contributed by atoms with van der Waals surface area (Å²) in [5, 5.41) is 8.46. The zero-order chi connectivity index (χ0) is 18.7. The molecule has 0 saturated heterocycles. The van der Waals surface area contributed by atoms with Crippen LogP contribution in [0.2, 0.25) is 0 Å². The lowest BCUT2D eigenvalue weighted by atomic mass is 10.1. The van der Waals surface area contributed by atoms with Crippen LogP contribution in [0.5, 0.6) is 0 Å². The highest BCUT2D eigenvalue weighted by Crippen LogP contribution is 2.27. The molecule has 0 spiro atoms. The van der Waals surface area contributed by atoms with Crippen molar-refractivity contribution in [2.45, 2.75) is 24.9 Å². The molecule has 8 nitrogen and oxygen atoms in total. The van der Waals surface area contributed by atoms with Crippen molar-refractivity contribution in [3.8, 4) is 0 Å². The highest BCUT2D eigenvalue weighted by atomic mass is 32.2. The van der Waals surface area contributed by atoms with E-state index in [9.17, 15) is 13.2 Å². The minimum Gasteiger partial charge on any atom is -0.361 e. The molecule has 0 bridgehead atoms. The summed E-state index contributed by atoms with van der Waals surface area (Å²) in [6.45, 7) is 3.33. The molecule has 9 heteroatoms. The third-order valence-corrected chi connectivity index (χ3v) is 5.51. The highest BCUT2D eigenvalue weighted by Gasteiger charge is 2.35. The van der Waals surface area contributed by atoms with Crippen molar-refractivity contribution in [1.29, 1.82) is 0 Å². The van der Waals surface area contributed by atoms with Gasteiger partial charge in [-0.05, 0) is 19.4 Å². The maximum atomic E-state index is 13.0. The Labute approximate surface area is 150 Å². The van der Waals surface area contributed by atoms with Crippen LogP contribution in [-0.2, 0) is 20.4 Å². The van der Waals surface area contributed by atoms with Crippen molar-refractivity contribution < 1.29 is 22.3 Å². The van der Waals surface area contributed by atoms with Crippen LogP contribution < -0.4 is 5.32 Å². The van der Waals surface area contributed by atoms with E-state index in [0.29, 0.717) is 17.1 Å². The Kier molecular flexibility index (Phi) is 4.90. The lowest BCUT2D eigenvalue weighted by Crippen LogP contribution is -2.29. The Morgan fingerprint density at radius 1 is 1.08 bits per heavy atom. The lowest BCUT2D eigenvalue weighted by molar-refractivity contribution is -0.116. The molecule has 3 rings (SSSR count). The van der Waals surface area contributed by atoms with Crippen LogP contribution in [0.4, 0.5) is 5.82 Å². The van der Waals surface area contributed by atoms with Crippen LogP contribution in [0, 0.1) is 13.8 Å². The summed E-state index contributed by atoms with van der Waals surface area (Å²) in [6.07, 6.45) is 0. The largest absolute Gasteiger partial charge is 0.361 e. The molecule has 0 aliphatic heterocycles. The first-order chi connectivity index (χ1) is 12.3. The second kappa shape index (κ2) is 7.12. The van der Waals surface area contributed by atoms with Gasteiger partial charge in [0.05, 0.1) is 11.4 Å². The Hall–Kier alpha value is -2.94. The fraction of sp³-hybridized carbons (Fsp3) is 0.235. The summed E-state index contributed by atoms with van der Waals surface area (Å²) >= 11 is 0. The number of carbonyl (C=O) groups is 1. The molecule has 2 heterocycles. The number of sulfone groups is 1. The second-order valence-corrected chi connectivity index (χ2v) is 7.92. The molecule has 136 valence electrons. The molecular formula is C17H17N3O5S. The van der Waals surface area contributed by atoms with Crippen molar-refractivity contribution >= 4 is 21.6 Å². The normalized spacial score (nSPS) is 12.7. The third-order valence-electron chi connectivity index (χ3n) is 3.60. The number of benzene rings is 1. The maximum Gasteiger partial charge on any atom is 0.248 e. The molecule has 1 amide bonds. The van der Waals surface area contributed by atoms with Crippen LogP contribution in [-0.4, -0.2) is 24.6 Å². The van der Waals surface area contributed by atoms with E-state index in [1.807, 2.05) is 0 Å². The van der Waals surface area contributed by atoms with Gasteiger partial charge in [-0.25, -0.2) is 8.42 Å². The molecule has 1 atom stereocenters. The van der Waals surface area contributed by atoms with Gasteiger partial charge in [-0.15, -0.1) is 0 Å². The van der Waals surface area contributed by atoms with Gasteiger partial charge < -0.3 is 14.4 Å². The number of aromatic nitrogens is 2. The second-order valence-electron chi connectivity index (χ2n) is 5.84. The standard InChI is InChI=1S/C17H17N3O5S/c1-11-8-14(19-24-11)10-26(22,23)16(13-6-4-3-5-7-13)17(21)18-15-9-12(2)25-20-15/h3-9,16H,10H2,1-2H3,(H,18,20,21). The van der Waals surface area contributed by atoms with Crippen LogP contribution in [0.1, 0.15) is 28.0 Å². The maximum absolute atomic E-state index is 13.0. The quantitative estimate of drug-likeness (QED) is 0.704. The summed E-state index contributed by atoms with van der Waals surface area (Å²) in [5.41, 5.74) is 0.596. The number of hydrogen-bond acceptors (Lipinski definition) is 7. The van der Waals surface area contributed by atoms with E-state index in [4.69, 9.17) is 9.05 Å². The van der Waals surface area contributed by atoms with Gasteiger partial charge in [0.15, 0.2) is 20.9 Å². The fourth-order valence-electron chi connectivity index (χ4n) is 2.54. The number of nitrogens with zero attached hydrogens (tertiary/aromatic N) is 2. The molecular weight excluding hydrogens is 358 g/mol. The number of rotatable bonds is 6. The summed E-state index contributed by atoms with van der Waals surface area (Å²) in [7, 11) is -3.92. The number of hydrogen-bond donors (Lipinski definition) is 1. The number of carbonyl (C=O) groups excluding carboxylic acids is 1. The molecule has 0 saturated carbocycles. The van der Waals surface area contributed by atoms with E-state index < -0.39 is 26.7 Å². The first-order valence-electron chi connectivity index (χ1n) is 7.78. The van der Waals surface area contributed by atoms with Gasteiger partial charge in [-0.3, -0.25) is 4.79 Å². The number of amides is 1. The number of nitrogens with one attached hydrogen (secondary N) is 1. The summed E-state index contributed by atoms with van der Waals surface area (Å²) < 4.78 is 35.7. The molecule has 26 heavy (non-hydrogen) atoms. The van der Waals surface area contributed by atoms with Gasteiger partial charge in [0, 0.05) is 12.1 Å². The molecule has 1 unspecified atom stereocenters. The van der Waals surface area contributed by atoms with Crippen molar-refractivity contribution in [3.63, 3.8) is 0 Å². The van der Waals surface area contributed by atoms with Crippen LogP contribution >= 0.6 is 0 Å². The SMILES string of the molecule is Cc1cc(CS(=O)(=O)C(C(=O)Nc2cc(C)on2)c2ccccc2)no1. The van der Waals surface area contributed by atoms with Gasteiger partial charge >= 0.3 is 0 Å². The van der Waals surface area contributed by atoms with Crippen LogP contribution in [0.15, 0.2) is 51.5 Å². The number of anilines is 1. The van der Waals surface area contributed by atoms with E-state index in [0.717, 1.165) is 0 Å². The first kappa shape index (κ1) is 17.9. The van der Waals surface area contributed by atoms with Crippen molar-refractivity contribution in [1.82, 2.24) is 10.3 Å². The Morgan fingerprint density at radius 2 is 1.73 bits per heavy atom.